The maximum absolute atomic E-state index is 12.7. The standard InChI is InChI=1S/C23H18N2O3S/c26-22(20-13-16-4-1-2-5-19(16)28-20)24-18-8-7-15-9-10-25(14-17(15)12-18)23(27)21-6-3-11-29-21/h1-8,11-13H,9-10,14H2,(H,24,26). The van der Waals surface area contributed by atoms with E-state index < -0.39 is 0 Å². The molecule has 0 saturated heterocycles. The quantitative estimate of drug-likeness (QED) is 0.528. The van der Waals surface area contributed by atoms with E-state index in [1.54, 1.807) is 6.07 Å². The van der Waals surface area contributed by atoms with Crippen LogP contribution in [0.1, 0.15) is 31.4 Å². The zero-order chi connectivity index (χ0) is 19.8. The molecule has 3 heterocycles. The number of benzene rings is 2. The Morgan fingerprint density at radius 3 is 2.72 bits per heavy atom. The van der Waals surface area contributed by atoms with E-state index in [2.05, 4.69) is 5.32 Å². The van der Waals surface area contributed by atoms with Gasteiger partial charge in [-0.1, -0.05) is 30.3 Å². The molecule has 2 aromatic heterocycles. The van der Waals surface area contributed by atoms with Crippen molar-refractivity contribution >= 4 is 39.8 Å². The van der Waals surface area contributed by atoms with Gasteiger partial charge >= 0.3 is 0 Å². The van der Waals surface area contributed by atoms with Gasteiger partial charge in [0, 0.05) is 24.2 Å². The molecule has 1 aliphatic rings. The van der Waals surface area contributed by atoms with Crippen molar-refractivity contribution in [3.8, 4) is 0 Å². The molecule has 5 rings (SSSR count). The zero-order valence-electron chi connectivity index (χ0n) is 15.6. The number of anilines is 1. The second-order valence-corrected chi connectivity index (χ2v) is 7.99. The summed E-state index contributed by atoms with van der Waals surface area (Å²) in [6, 6.07) is 18.9. The molecule has 0 bridgehead atoms. The van der Waals surface area contributed by atoms with Crippen molar-refractivity contribution in [1.82, 2.24) is 4.90 Å². The molecule has 0 aliphatic carbocycles. The van der Waals surface area contributed by atoms with Gasteiger partial charge in [0.1, 0.15) is 5.58 Å². The van der Waals surface area contributed by atoms with Gasteiger partial charge in [0.25, 0.3) is 11.8 Å². The molecule has 29 heavy (non-hydrogen) atoms. The third-order valence-corrected chi connectivity index (χ3v) is 6.00. The highest BCUT2D eigenvalue weighted by atomic mass is 32.1. The predicted molar refractivity (Wildman–Crippen MR) is 113 cm³/mol. The van der Waals surface area contributed by atoms with Crippen LogP contribution in [-0.2, 0) is 13.0 Å². The highest BCUT2D eigenvalue weighted by Crippen LogP contribution is 2.26. The number of furan rings is 1. The molecular weight excluding hydrogens is 384 g/mol. The van der Waals surface area contributed by atoms with Crippen LogP contribution in [0.5, 0.6) is 0 Å². The summed E-state index contributed by atoms with van der Waals surface area (Å²) in [5.74, 6) is 0.0456. The summed E-state index contributed by atoms with van der Waals surface area (Å²) in [5, 5.41) is 5.71. The Balaban J connectivity index is 1.34. The van der Waals surface area contributed by atoms with E-state index in [1.165, 1.54) is 16.9 Å². The lowest BCUT2D eigenvalue weighted by Gasteiger charge is -2.29. The van der Waals surface area contributed by atoms with Crippen LogP contribution in [0.25, 0.3) is 11.0 Å². The topological polar surface area (TPSA) is 62.6 Å². The van der Waals surface area contributed by atoms with Crippen molar-refractivity contribution in [2.75, 3.05) is 11.9 Å². The highest BCUT2D eigenvalue weighted by Gasteiger charge is 2.23. The molecule has 0 spiro atoms. The lowest BCUT2D eigenvalue weighted by Crippen LogP contribution is -2.35. The van der Waals surface area contributed by atoms with E-state index >= 15 is 0 Å². The summed E-state index contributed by atoms with van der Waals surface area (Å²) < 4.78 is 5.64. The molecule has 4 aromatic rings. The third-order valence-electron chi connectivity index (χ3n) is 5.14. The number of nitrogens with one attached hydrogen (secondary N) is 1. The SMILES string of the molecule is O=C(Nc1ccc2c(c1)CN(C(=O)c1cccs1)CC2)c1cc2ccccc2o1. The fraction of sp³-hybridized carbons (Fsp3) is 0.130. The van der Waals surface area contributed by atoms with Gasteiger partial charge in [-0.05, 0) is 53.3 Å². The molecule has 2 aromatic carbocycles. The minimum atomic E-state index is -0.288. The summed E-state index contributed by atoms with van der Waals surface area (Å²) in [5.41, 5.74) is 3.65. The number of hydrogen-bond donors (Lipinski definition) is 1. The molecule has 0 fully saturated rings. The van der Waals surface area contributed by atoms with Gasteiger partial charge in [-0.2, -0.15) is 0 Å². The number of rotatable bonds is 3. The predicted octanol–water partition coefficient (Wildman–Crippen LogP) is 4.95. The molecular formula is C23H18N2O3S. The van der Waals surface area contributed by atoms with Crippen LogP contribution >= 0.6 is 11.3 Å². The number of thiophene rings is 1. The van der Waals surface area contributed by atoms with Crippen LogP contribution in [0.3, 0.4) is 0 Å². The Kier molecular flexibility index (Phi) is 4.41. The van der Waals surface area contributed by atoms with E-state index in [9.17, 15) is 9.59 Å². The number of carbonyl (C=O) groups is 2. The number of hydrogen-bond acceptors (Lipinski definition) is 4. The van der Waals surface area contributed by atoms with Crippen molar-refractivity contribution in [3.05, 3.63) is 87.8 Å². The van der Waals surface area contributed by atoms with Gasteiger partial charge in [-0.3, -0.25) is 9.59 Å². The Morgan fingerprint density at radius 2 is 1.90 bits per heavy atom. The number of fused-ring (bicyclic) bond motifs is 2. The van der Waals surface area contributed by atoms with E-state index in [0.29, 0.717) is 24.4 Å². The molecule has 1 aliphatic heterocycles. The van der Waals surface area contributed by atoms with Crippen LogP contribution in [0.15, 0.2) is 70.5 Å². The van der Waals surface area contributed by atoms with Crippen LogP contribution in [0, 0.1) is 0 Å². The third kappa shape index (κ3) is 3.43. The lowest BCUT2D eigenvalue weighted by atomic mass is 9.99. The van der Waals surface area contributed by atoms with Crippen molar-refractivity contribution in [2.45, 2.75) is 13.0 Å². The van der Waals surface area contributed by atoms with E-state index in [4.69, 9.17) is 4.42 Å². The Labute approximate surface area is 171 Å². The van der Waals surface area contributed by atoms with Gasteiger partial charge < -0.3 is 14.6 Å². The Hall–Kier alpha value is -3.38. The van der Waals surface area contributed by atoms with Gasteiger partial charge in [0.05, 0.1) is 4.88 Å². The van der Waals surface area contributed by atoms with E-state index in [1.807, 2.05) is 64.9 Å². The second kappa shape index (κ2) is 7.22. The molecule has 5 nitrogen and oxygen atoms in total. The largest absolute Gasteiger partial charge is 0.451 e. The first-order valence-electron chi connectivity index (χ1n) is 9.42. The fourth-order valence-corrected chi connectivity index (χ4v) is 4.34. The Morgan fingerprint density at radius 1 is 1.00 bits per heavy atom. The molecule has 6 heteroatoms. The lowest BCUT2D eigenvalue weighted by molar-refractivity contribution is 0.0739. The first-order valence-corrected chi connectivity index (χ1v) is 10.3. The summed E-state index contributed by atoms with van der Waals surface area (Å²) in [4.78, 5) is 27.9. The number of nitrogens with zero attached hydrogens (tertiary/aromatic N) is 1. The van der Waals surface area contributed by atoms with E-state index in [0.717, 1.165) is 22.2 Å². The molecule has 2 amide bonds. The van der Waals surface area contributed by atoms with Crippen molar-refractivity contribution in [2.24, 2.45) is 0 Å². The maximum atomic E-state index is 12.7. The highest BCUT2D eigenvalue weighted by molar-refractivity contribution is 7.12. The van der Waals surface area contributed by atoms with Gasteiger partial charge in [0.15, 0.2) is 5.76 Å². The summed E-state index contributed by atoms with van der Waals surface area (Å²) >= 11 is 1.46. The van der Waals surface area contributed by atoms with Crippen LogP contribution in [0.4, 0.5) is 5.69 Å². The number of carbonyl (C=O) groups excluding carboxylic acids is 2. The normalized spacial score (nSPS) is 13.3. The number of para-hydroxylation sites is 1. The van der Waals surface area contributed by atoms with Crippen LogP contribution < -0.4 is 5.32 Å². The number of amides is 2. The van der Waals surface area contributed by atoms with Crippen LogP contribution in [0.2, 0.25) is 0 Å². The van der Waals surface area contributed by atoms with Crippen molar-refractivity contribution < 1.29 is 14.0 Å². The van der Waals surface area contributed by atoms with Gasteiger partial charge in [0.2, 0.25) is 0 Å². The monoisotopic (exact) mass is 402 g/mol. The smallest absolute Gasteiger partial charge is 0.291 e. The molecule has 0 unspecified atom stereocenters. The average Bonchev–Trinajstić information content (AvgIpc) is 3.42. The minimum Gasteiger partial charge on any atom is -0.451 e. The van der Waals surface area contributed by atoms with Gasteiger partial charge in [-0.25, -0.2) is 0 Å². The first-order chi connectivity index (χ1) is 14.2. The first kappa shape index (κ1) is 17.7. The molecule has 0 atom stereocenters. The second-order valence-electron chi connectivity index (χ2n) is 7.04. The Bertz CT molecular complexity index is 1180. The summed E-state index contributed by atoms with van der Waals surface area (Å²) in [6.45, 7) is 1.24. The molecule has 144 valence electrons. The van der Waals surface area contributed by atoms with Crippen molar-refractivity contribution in [1.29, 1.82) is 0 Å². The van der Waals surface area contributed by atoms with E-state index in [-0.39, 0.29) is 17.6 Å². The van der Waals surface area contributed by atoms with Gasteiger partial charge in [-0.15, -0.1) is 11.3 Å². The van der Waals surface area contributed by atoms with Crippen molar-refractivity contribution in [3.63, 3.8) is 0 Å². The van der Waals surface area contributed by atoms with Crippen LogP contribution in [-0.4, -0.2) is 23.3 Å². The fourth-order valence-electron chi connectivity index (χ4n) is 3.65. The molecule has 1 N–H and O–H groups in total. The molecule has 0 saturated carbocycles. The maximum Gasteiger partial charge on any atom is 0.291 e. The molecule has 0 radical (unpaired) electrons. The minimum absolute atomic E-state index is 0.0577. The average molecular weight is 402 g/mol. The summed E-state index contributed by atoms with van der Waals surface area (Å²) in [6.07, 6.45) is 0.810. The summed E-state index contributed by atoms with van der Waals surface area (Å²) in [7, 11) is 0. The zero-order valence-corrected chi connectivity index (χ0v) is 16.4.